The van der Waals surface area contributed by atoms with Gasteiger partial charge in [-0.3, -0.25) is 9.88 Å². The van der Waals surface area contributed by atoms with E-state index in [2.05, 4.69) is 25.6 Å². The predicted molar refractivity (Wildman–Crippen MR) is 125 cm³/mol. The lowest BCUT2D eigenvalue weighted by Crippen LogP contribution is -2.29. The van der Waals surface area contributed by atoms with E-state index >= 15 is 0 Å². The van der Waals surface area contributed by atoms with Crippen molar-refractivity contribution in [2.75, 3.05) is 42.2 Å². The molecule has 1 saturated heterocycles. The Morgan fingerprint density at radius 2 is 1.97 bits per heavy atom. The number of hydrogen-bond donors (Lipinski definition) is 2. The molecular weight excluding hydrogens is 409 g/mol. The van der Waals surface area contributed by atoms with Crippen molar-refractivity contribution in [2.45, 2.75) is 57.7 Å². The van der Waals surface area contributed by atoms with Gasteiger partial charge in [-0.25, -0.2) is 14.2 Å². The molecule has 2 aliphatic rings. The Bertz CT molecular complexity index is 917. The third-order valence-corrected chi connectivity index (χ3v) is 6.21. The fraction of sp³-hybridized carbons (Fsp3) is 0.565. The van der Waals surface area contributed by atoms with Crippen molar-refractivity contribution in [3.63, 3.8) is 0 Å². The van der Waals surface area contributed by atoms with Gasteiger partial charge in [0.1, 0.15) is 12.0 Å². The van der Waals surface area contributed by atoms with Gasteiger partial charge in [0.25, 0.3) is 0 Å². The van der Waals surface area contributed by atoms with Gasteiger partial charge in [0.15, 0.2) is 0 Å². The molecule has 1 unspecified atom stereocenters. The van der Waals surface area contributed by atoms with Gasteiger partial charge in [-0.05, 0) is 31.4 Å². The van der Waals surface area contributed by atoms with Crippen molar-refractivity contribution in [2.24, 2.45) is 0 Å². The van der Waals surface area contributed by atoms with Gasteiger partial charge in [-0.1, -0.05) is 26.2 Å². The van der Waals surface area contributed by atoms with Gasteiger partial charge in [-0.2, -0.15) is 4.98 Å². The second-order valence-corrected chi connectivity index (χ2v) is 8.58. The summed E-state index contributed by atoms with van der Waals surface area (Å²) >= 11 is 0. The van der Waals surface area contributed by atoms with E-state index < -0.39 is 6.17 Å². The minimum Gasteiger partial charge on any atom is -0.367 e. The number of anilines is 3. The minimum atomic E-state index is -0.936. The van der Waals surface area contributed by atoms with Crippen LogP contribution in [0.3, 0.4) is 0 Å². The van der Waals surface area contributed by atoms with Crippen molar-refractivity contribution in [3.05, 3.63) is 24.5 Å². The second kappa shape index (κ2) is 10.1. The predicted octanol–water partition coefficient (Wildman–Crippen LogP) is 4.32. The monoisotopic (exact) mass is 441 g/mol. The van der Waals surface area contributed by atoms with Crippen LogP contribution in [0.5, 0.6) is 0 Å². The summed E-state index contributed by atoms with van der Waals surface area (Å²) in [5, 5.41) is 6.58. The van der Waals surface area contributed by atoms with Crippen LogP contribution in [0.4, 0.5) is 26.6 Å². The van der Waals surface area contributed by atoms with Crippen LogP contribution in [0.15, 0.2) is 24.5 Å². The van der Waals surface area contributed by atoms with Crippen LogP contribution in [0.2, 0.25) is 0 Å². The first-order valence-corrected chi connectivity index (χ1v) is 11.6. The average Bonchev–Trinajstić information content (AvgIpc) is 3.16. The number of hydrogen-bond acceptors (Lipinski definition) is 6. The highest BCUT2D eigenvalue weighted by Gasteiger charge is 2.27. The normalized spacial score (nSPS) is 18.2. The van der Waals surface area contributed by atoms with Gasteiger partial charge in [0.05, 0.1) is 23.1 Å². The lowest BCUT2D eigenvalue weighted by Gasteiger charge is -2.24. The molecule has 172 valence electrons. The molecule has 2 N–H and O–H groups in total. The van der Waals surface area contributed by atoms with E-state index in [0.29, 0.717) is 37.3 Å². The molecule has 0 radical (unpaired) electrons. The van der Waals surface area contributed by atoms with E-state index in [0.717, 1.165) is 29.8 Å². The van der Waals surface area contributed by atoms with E-state index in [-0.39, 0.29) is 12.6 Å². The van der Waals surface area contributed by atoms with Crippen LogP contribution in [0.1, 0.15) is 45.4 Å². The average molecular weight is 442 g/mol. The first-order chi connectivity index (χ1) is 15.5. The van der Waals surface area contributed by atoms with Crippen molar-refractivity contribution < 1.29 is 9.18 Å². The summed E-state index contributed by atoms with van der Waals surface area (Å²) in [6.45, 7) is 3.36. The third kappa shape index (κ3) is 5.08. The summed E-state index contributed by atoms with van der Waals surface area (Å²) in [7, 11) is 1.80. The second-order valence-electron chi connectivity index (χ2n) is 8.58. The molecule has 0 aromatic carbocycles. The standard InChI is InChI=1S/C23H32FN7O/c1-3-16(24)13-26-22-27-15-19(21(29-22)28-17-7-5-4-6-8-17)20-10-9-18(14-25-20)31-12-11-30(2)23(31)32/h9-10,14-17H,3-8,11-13H2,1-2H3,(H2,26,27,28,29). The molecule has 1 aliphatic carbocycles. The highest BCUT2D eigenvalue weighted by molar-refractivity contribution is 5.94. The van der Waals surface area contributed by atoms with E-state index in [4.69, 9.17) is 0 Å². The fourth-order valence-corrected chi connectivity index (χ4v) is 4.14. The van der Waals surface area contributed by atoms with Crippen LogP contribution in [-0.2, 0) is 0 Å². The smallest absolute Gasteiger partial charge is 0.324 e. The van der Waals surface area contributed by atoms with Gasteiger partial charge >= 0.3 is 6.03 Å². The Hall–Kier alpha value is -2.97. The summed E-state index contributed by atoms with van der Waals surface area (Å²) in [4.78, 5) is 29.4. The number of pyridine rings is 1. The van der Waals surface area contributed by atoms with Crippen molar-refractivity contribution >= 4 is 23.5 Å². The summed E-state index contributed by atoms with van der Waals surface area (Å²) < 4.78 is 13.7. The van der Waals surface area contributed by atoms with Crippen LogP contribution in [0.25, 0.3) is 11.3 Å². The maximum Gasteiger partial charge on any atom is 0.324 e. The highest BCUT2D eigenvalue weighted by Crippen LogP contribution is 2.30. The molecule has 0 bridgehead atoms. The maximum atomic E-state index is 13.7. The fourth-order valence-electron chi connectivity index (χ4n) is 4.14. The summed E-state index contributed by atoms with van der Waals surface area (Å²) in [5.41, 5.74) is 2.30. The van der Waals surface area contributed by atoms with Crippen LogP contribution < -0.4 is 15.5 Å². The molecule has 9 heteroatoms. The number of carbonyl (C=O) groups excluding carboxylic acids is 1. The third-order valence-electron chi connectivity index (χ3n) is 6.21. The number of alkyl halides is 1. The molecule has 32 heavy (non-hydrogen) atoms. The zero-order valence-corrected chi connectivity index (χ0v) is 18.9. The molecule has 2 aromatic heterocycles. The molecule has 2 fully saturated rings. The number of halogens is 1. The summed E-state index contributed by atoms with van der Waals surface area (Å²) in [5.74, 6) is 1.11. The number of nitrogens with one attached hydrogen (secondary N) is 2. The Balaban J connectivity index is 1.57. The van der Waals surface area contributed by atoms with Crippen molar-refractivity contribution in [3.8, 4) is 11.3 Å². The van der Waals surface area contributed by atoms with E-state index in [1.54, 1.807) is 29.2 Å². The minimum absolute atomic E-state index is 0.0174. The lowest BCUT2D eigenvalue weighted by molar-refractivity contribution is 0.229. The molecule has 4 rings (SSSR count). The number of urea groups is 1. The molecule has 2 amide bonds. The molecule has 0 spiro atoms. The van der Waals surface area contributed by atoms with Gasteiger partial charge in [-0.15, -0.1) is 0 Å². The summed E-state index contributed by atoms with van der Waals surface area (Å²) in [6.07, 6.45) is 8.84. The van der Waals surface area contributed by atoms with Crippen LogP contribution in [0, 0.1) is 0 Å². The van der Waals surface area contributed by atoms with E-state index in [1.807, 2.05) is 19.1 Å². The Morgan fingerprint density at radius 1 is 1.16 bits per heavy atom. The van der Waals surface area contributed by atoms with Gasteiger partial charge in [0, 0.05) is 38.9 Å². The number of rotatable bonds is 8. The SMILES string of the molecule is CCC(F)CNc1ncc(-c2ccc(N3CCN(C)C3=O)cn2)c(NC2CCCCC2)n1. The highest BCUT2D eigenvalue weighted by atomic mass is 19.1. The molecular formula is C23H32FN7O. The van der Waals surface area contributed by atoms with Crippen LogP contribution >= 0.6 is 0 Å². The first kappa shape index (κ1) is 22.2. The molecule has 3 heterocycles. The summed E-state index contributed by atoms with van der Waals surface area (Å²) in [6, 6.07) is 4.14. The molecule has 2 aromatic rings. The topological polar surface area (TPSA) is 86.3 Å². The van der Waals surface area contributed by atoms with Crippen molar-refractivity contribution in [1.29, 1.82) is 0 Å². The molecule has 1 aliphatic heterocycles. The lowest BCUT2D eigenvalue weighted by atomic mass is 9.95. The Kier molecular flexibility index (Phi) is 7.02. The zero-order chi connectivity index (χ0) is 22.5. The van der Waals surface area contributed by atoms with Crippen LogP contribution in [-0.4, -0.2) is 64.8 Å². The quantitative estimate of drug-likeness (QED) is 0.635. The van der Waals surface area contributed by atoms with Gasteiger partial charge in [0.2, 0.25) is 5.95 Å². The van der Waals surface area contributed by atoms with E-state index in [9.17, 15) is 9.18 Å². The number of aromatic nitrogens is 3. The largest absolute Gasteiger partial charge is 0.367 e. The first-order valence-electron chi connectivity index (χ1n) is 11.6. The number of amides is 2. The molecule has 8 nitrogen and oxygen atoms in total. The van der Waals surface area contributed by atoms with Gasteiger partial charge < -0.3 is 15.5 Å². The zero-order valence-electron chi connectivity index (χ0n) is 18.9. The number of carbonyl (C=O) groups is 1. The van der Waals surface area contributed by atoms with Crippen molar-refractivity contribution in [1.82, 2.24) is 19.9 Å². The number of likely N-dealkylation sites (N-methyl/N-ethyl adjacent to an activating group) is 1. The van der Waals surface area contributed by atoms with E-state index in [1.165, 1.54) is 19.3 Å². The Labute approximate surface area is 188 Å². The maximum absolute atomic E-state index is 13.7. The number of nitrogens with zero attached hydrogens (tertiary/aromatic N) is 5. The molecule has 1 saturated carbocycles. The molecule has 1 atom stereocenters. The Morgan fingerprint density at radius 3 is 2.62 bits per heavy atom.